The second-order valence-electron chi connectivity index (χ2n) is 29.9. The molecule has 4 aliphatic rings. The molecule has 3 heterocycles. The van der Waals surface area contributed by atoms with Gasteiger partial charge in [0.15, 0.2) is 0 Å². The Labute approximate surface area is 511 Å². The maximum atomic E-state index is 2.76. The number of benzene rings is 9. The first-order valence-electron chi connectivity index (χ1n) is 31.3. The van der Waals surface area contributed by atoms with Crippen LogP contribution in [0.4, 0.5) is 51.2 Å². The standard InChI is InChI=1S/C80H82BN3S/c1-75(2,3)54-32-38-67(60(44-54)53-26-20-16-21-27-53)84-68-39-33-55(76(4,5)6)45-66(68)81-72-69(47-59(48-70(72)84)82(56-28-22-17-23-29-56)57-34-30-52(31-35-57)51-24-18-15-19-25-51)83(58-36-37-62-63(46-58)78(9,10)41-40-77(62,7)8)73-61-49-64-65(50-71(61)85-74(73)81)80(13,14)43-42-79(64,11)12/h15-39,44-50H,40-43H2,1-14H3. The van der Waals surface area contributed by atoms with Crippen LogP contribution in [0.5, 0.6) is 0 Å². The zero-order chi connectivity index (χ0) is 59.3. The topological polar surface area (TPSA) is 9.72 Å². The lowest BCUT2D eigenvalue weighted by molar-refractivity contribution is 0.332. The number of rotatable bonds is 7. The second kappa shape index (κ2) is 19.5. The fraction of sp³-hybridized carbons (Fsp3) is 0.300. The van der Waals surface area contributed by atoms with E-state index in [1.54, 1.807) is 0 Å². The molecule has 0 spiro atoms. The molecule has 2 aliphatic carbocycles. The SMILES string of the molecule is CC(C)(C)c1ccc2c(c1)B1c3sc4cc5c(cc4c3N(c3ccc4c(c3)C(C)(C)CCC4(C)C)c3cc(N(c4ccccc4)c4ccc(-c6ccccc6)cc4)cc(c31)N2c1ccc(C(C)(C)C)cc1-c1ccccc1)C(C)(C)CCC5(C)C. The van der Waals surface area contributed by atoms with Crippen LogP contribution >= 0.6 is 11.3 Å². The van der Waals surface area contributed by atoms with E-state index in [2.05, 4.69) is 317 Å². The molecule has 5 heteroatoms. The van der Waals surface area contributed by atoms with Crippen LogP contribution in [-0.2, 0) is 32.5 Å². The van der Waals surface area contributed by atoms with E-state index in [4.69, 9.17) is 0 Å². The molecule has 14 rings (SSSR count). The largest absolute Gasteiger partial charge is 0.311 e. The Kier molecular flexibility index (Phi) is 12.7. The van der Waals surface area contributed by atoms with Crippen LogP contribution < -0.4 is 30.4 Å². The van der Waals surface area contributed by atoms with Crippen LogP contribution in [-0.4, -0.2) is 6.71 Å². The van der Waals surface area contributed by atoms with Gasteiger partial charge in [0, 0.05) is 54.6 Å². The summed E-state index contributed by atoms with van der Waals surface area (Å²) < 4.78 is 2.79. The summed E-state index contributed by atoms with van der Waals surface area (Å²) in [7, 11) is 0. The summed E-state index contributed by atoms with van der Waals surface area (Å²) in [5.41, 5.74) is 26.8. The Morgan fingerprint density at radius 1 is 0.412 bits per heavy atom. The summed E-state index contributed by atoms with van der Waals surface area (Å²) in [5, 5.41) is 1.36. The highest BCUT2D eigenvalue weighted by Gasteiger charge is 2.48. The van der Waals surface area contributed by atoms with Gasteiger partial charge in [0.05, 0.1) is 17.1 Å². The van der Waals surface area contributed by atoms with Crippen molar-refractivity contribution in [2.45, 2.75) is 155 Å². The van der Waals surface area contributed by atoms with Crippen LogP contribution in [0.15, 0.2) is 194 Å². The molecular formula is C80H82BN3S. The third-order valence-corrected chi connectivity index (χ3v) is 21.5. The summed E-state index contributed by atoms with van der Waals surface area (Å²) in [6.07, 6.45) is 4.63. The number of fused-ring (bicyclic) bond motifs is 8. The van der Waals surface area contributed by atoms with E-state index in [1.807, 2.05) is 0 Å². The van der Waals surface area contributed by atoms with Gasteiger partial charge in [-0.15, -0.1) is 11.3 Å². The zero-order valence-electron chi connectivity index (χ0n) is 52.6. The summed E-state index contributed by atoms with van der Waals surface area (Å²) in [6.45, 7) is 33.9. The van der Waals surface area contributed by atoms with E-state index < -0.39 is 0 Å². The highest BCUT2D eigenvalue weighted by molar-refractivity contribution is 7.33. The van der Waals surface area contributed by atoms with Crippen molar-refractivity contribution in [3.05, 3.63) is 228 Å². The number of nitrogens with zero attached hydrogens (tertiary/aromatic N) is 3. The molecule has 10 aromatic rings. The Morgan fingerprint density at radius 2 is 0.906 bits per heavy atom. The lowest BCUT2D eigenvalue weighted by atomic mass is 9.36. The molecule has 3 nitrogen and oxygen atoms in total. The number of hydrogen-bond acceptors (Lipinski definition) is 4. The van der Waals surface area contributed by atoms with Gasteiger partial charge < -0.3 is 14.7 Å². The summed E-state index contributed by atoms with van der Waals surface area (Å²) in [4.78, 5) is 7.95. The van der Waals surface area contributed by atoms with E-state index in [1.165, 1.54) is 128 Å². The van der Waals surface area contributed by atoms with Crippen molar-refractivity contribution in [1.29, 1.82) is 0 Å². The van der Waals surface area contributed by atoms with Crippen LogP contribution in [0.1, 0.15) is 156 Å². The molecule has 85 heavy (non-hydrogen) atoms. The van der Waals surface area contributed by atoms with Gasteiger partial charge >= 0.3 is 0 Å². The van der Waals surface area contributed by atoms with Crippen LogP contribution in [0.2, 0.25) is 0 Å². The van der Waals surface area contributed by atoms with Crippen molar-refractivity contribution in [3.63, 3.8) is 0 Å². The van der Waals surface area contributed by atoms with E-state index in [0.717, 1.165) is 29.9 Å². The molecule has 426 valence electrons. The van der Waals surface area contributed by atoms with Gasteiger partial charge in [-0.1, -0.05) is 212 Å². The fourth-order valence-electron chi connectivity index (χ4n) is 14.9. The van der Waals surface area contributed by atoms with Crippen LogP contribution in [0.3, 0.4) is 0 Å². The normalized spacial score (nSPS) is 16.9. The van der Waals surface area contributed by atoms with Crippen molar-refractivity contribution < 1.29 is 0 Å². The number of hydrogen-bond donors (Lipinski definition) is 0. The average Bonchev–Trinajstić information content (AvgIpc) is 1.86. The Balaban J connectivity index is 1.15. The molecule has 9 aromatic carbocycles. The van der Waals surface area contributed by atoms with Gasteiger partial charge in [-0.25, -0.2) is 0 Å². The predicted octanol–water partition coefficient (Wildman–Crippen LogP) is 21.1. The minimum absolute atomic E-state index is 0.00312. The van der Waals surface area contributed by atoms with Crippen LogP contribution in [0.25, 0.3) is 32.3 Å². The van der Waals surface area contributed by atoms with Gasteiger partial charge in [0.2, 0.25) is 0 Å². The highest BCUT2D eigenvalue weighted by atomic mass is 32.1. The van der Waals surface area contributed by atoms with Gasteiger partial charge in [-0.2, -0.15) is 0 Å². The summed E-state index contributed by atoms with van der Waals surface area (Å²) in [6, 6.07) is 75.1. The van der Waals surface area contributed by atoms with Gasteiger partial charge in [-0.05, 0) is 198 Å². The third-order valence-electron chi connectivity index (χ3n) is 20.3. The average molecular weight is 1130 g/mol. The molecule has 2 aliphatic heterocycles. The molecule has 0 saturated carbocycles. The quantitative estimate of drug-likeness (QED) is 0.147. The van der Waals surface area contributed by atoms with E-state index >= 15 is 0 Å². The summed E-state index contributed by atoms with van der Waals surface area (Å²) >= 11 is 2.05. The van der Waals surface area contributed by atoms with Crippen molar-refractivity contribution in [1.82, 2.24) is 0 Å². The van der Waals surface area contributed by atoms with Gasteiger partial charge in [0.1, 0.15) is 0 Å². The van der Waals surface area contributed by atoms with Crippen molar-refractivity contribution >= 4 is 95.0 Å². The Hall–Kier alpha value is -7.60. The fourth-order valence-corrected chi connectivity index (χ4v) is 16.2. The number of para-hydroxylation sites is 1. The van der Waals surface area contributed by atoms with Crippen LogP contribution in [0, 0.1) is 0 Å². The Morgan fingerprint density at radius 3 is 1.51 bits per heavy atom. The maximum absolute atomic E-state index is 2.76. The van der Waals surface area contributed by atoms with E-state index in [9.17, 15) is 0 Å². The maximum Gasteiger partial charge on any atom is 0.264 e. The minimum Gasteiger partial charge on any atom is -0.311 e. The second-order valence-corrected chi connectivity index (χ2v) is 31.0. The van der Waals surface area contributed by atoms with E-state index in [-0.39, 0.29) is 39.2 Å². The molecule has 0 amide bonds. The Bertz CT molecular complexity index is 4270. The van der Waals surface area contributed by atoms with Gasteiger partial charge in [-0.3, -0.25) is 0 Å². The first-order chi connectivity index (χ1) is 40.4. The predicted molar refractivity (Wildman–Crippen MR) is 369 cm³/mol. The molecule has 0 atom stereocenters. The number of thiophene rings is 1. The molecular weight excluding hydrogens is 1050 g/mol. The molecule has 0 radical (unpaired) electrons. The highest BCUT2D eigenvalue weighted by Crippen LogP contribution is 2.56. The van der Waals surface area contributed by atoms with Crippen molar-refractivity contribution in [2.75, 3.05) is 14.7 Å². The minimum atomic E-state index is -0.0910. The lowest BCUT2D eigenvalue weighted by Crippen LogP contribution is -2.60. The van der Waals surface area contributed by atoms with Crippen molar-refractivity contribution in [3.8, 4) is 22.3 Å². The van der Waals surface area contributed by atoms with Gasteiger partial charge in [0.25, 0.3) is 6.71 Å². The first kappa shape index (κ1) is 55.3. The monoisotopic (exact) mass is 1130 g/mol. The molecule has 1 aromatic heterocycles. The van der Waals surface area contributed by atoms with Crippen molar-refractivity contribution in [2.24, 2.45) is 0 Å². The summed E-state index contributed by atoms with van der Waals surface area (Å²) in [5.74, 6) is 0. The smallest absolute Gasteiger partial charge is 0.264 e. The molecule has 0 fully saturated rings. The zero-order valence-corrected chi connectivity index (χ0v) is 53.4. The molecule has 0 bridgehead atoms. The number of anilines is 9. The molecule has 0 N–H and O–H groups in total. The molecule has 0 saturated heterocycles. The first-order valence-corrected chi connectivity index (χ1v) is 32.1. The lowest BCUT2D eigenvalue weighted by Gasteiger charge is -2.46. The third kappa shape index (κ3) is 9.12. The van der Waals surface area contributed by atoms with E-state index in [0.29, 0.717) is 0 Å². The molecule has 0 unspecified atom stereocenters.